The van der Waals surface area contributed by atoms with E-state index in [9.17, 15) is 23.6 Å². The van der Waals surface area contributed by atoms with E-state index in [1.165, 1.54) is 24.3 Å². The van der Waals surface area contributed by atoms with Crippen molar-refractivity contribution in [2.75, 3.05) is 12.9 Å². The molecule has 0 saturated carbocycles. The number of sulfonamides is 1. The van der Waals surface area contributed by atoms with Crippen LogP contribution in [-0.2, 0) is 10.0 Å². The molecule has 0 spiro atoms. The van der Waals surface area contributed by atoms with E-state index in [0.29, 0.717) is 0 Å². The van der Waals surface area contributed by atoms with E-state index in [1.54, 1.807) is 0 Å². The minimum Gasteiger partial charge on any atom is -0.395 e. The topological polar surface area (TPSA) is 130 Å². The molecule has 0 heterocycles. The van der Waals surface area contributed by atoms with Crippen LogP contribution in [-0.4, -0.2) is 42.5 Å². The molecule has 0 aromatic heterocycles. The first-order valence-electron chi connectivity index (χ1n) is 5.25. The maximum Gasteiger partial charge on any atom is 0.269 e. The molecule has 0 aliphatic heterocycles. The van der Waals surface area contributed by atoms with Gasteiger partial charge in [0, 0.05) is 12.1 Å². The van der Waals surface area contributed by atoms with Crippen molar-refractivity contribution in [3.63, 3.8) is 0 Å². The predicted molar refractivity (Wildman–Crippen MR) is 66.9 cm³/mol. The lowest BCUT2D eigenvalue weighted by molar-refractivity contribution is -0.384. The smallest absolute Gasteiger partial charge is 0.269 e. The number of hydrogen-bond donors (Lipinski definition) is 3. The Morgan fingerprint density at radius 1 is 1.37 bits per heavy atom. The van der Waals surface area contributed by atoms with Crippen molar-refractivity contribution in [1.29, 1.82) is 0 Å². The molecule has 3 N–H and O–H groups in total. The zero-order chi connectivity index (χ0) is 14.6. The van der Waals surface area contributed by atoms with E-state index in [4.69, 9.17) is 5.11 Å². The zero-order valence-corrected chi connectivity index (χ0v) is 10.9. The third kappa shape index (κ3) is 4.56. The van der Waals surface area contributed by atoms with Gasteiger partial charge < -0.3 is 10.2 Å². The van der Waals surface area contributed by atoms with E-state index in [-0.39, 0.29) is 11.3 Å². The number of nitro groups is 1. The van der Waals surface area contributed by atoms with Crippen LogP contribution in [0.25, 0.3) is 0 Å². The van der Waals surface area contributed by atoms with E-state index in [1.807, 2.05) is 0 Å². The first-order valence-corrected chi connectivity index (χ1v) is 7.14. The molecule has 0 fully saturated rings. The molecule has 2 atom stereocenters. The fraction of sp³-hybridized carbons (Fsp3) is 0.400. The van der Waals surface area contributed by atoms with Crippen LogP contribution >= 0.6 is 0 Å². The van der Waals surface area contributed by atoms with Gasteiger partial charge in [-0.05, 0) is 17.7 Å². The van der Waals surface area contributed by atoms with Crippen LogP contribution in [0.4, 0.5) is 5.69 Å². The van der Waals surface area contributed by atoms with Gasteiger partial charge in [0.1, 0.15) is 0 Å². The van der Waals surface area contributed by atoms with Gasteiger partial charge in [-0.2, -0.15) is 0 Å². The van der Waals surface area contributed by atoms with E-state index in [0.717, 1.165) is 6.26 Å². The molecule has 0 saturated heterocycles. The highest BCUT2D eigenvalue weighted by atomic mass is 32.2. The Hall–Kier alpha value is -1.55. The fourth-order valence-corrected chi connectivity index (χ4v) is 2.26. The highest BCUT2D eigenvalue weighted by molar-refractivity contribution is 7.88. The fourth-order valence-electron chi connectivity index (χ4n) is 1.50. The van der Waals surface area contributed by atoms with Gasteiger partial charge in [0.25, 0.3) is 5.69 Å². The highest BCUT2D eigenvalue weighted by Crippen LogP contribution is 2.20. The molecule has 9 heteroatoms. The SMILES string of the molecule is CS(=O)(=O)N[C@@H](CO)[C@@H](O)c1ccc([N+](=O)[O-])cc1. The lowest BCUT2D eigenvalue weighted by Crippen LogP contribution is -2.41. The summed E-state index contributed by atoms with van der Waals surface area (Å²) >= 11 is 0. The van der Waals surface area contributed by atoms with Crippen LogP contribution in [0.1, 0.15) is 11.7 Å². The van der Waals surface area contributed by atoms with Crippen LogP contribution in [0.3, 0.4) is 0 Å². The Labute approximate surface area is 109 Å². The summed E-state index contributed by atoms with van der Waals surface area (Å²) in [5.41, 5.74) is 0.119. The normalized spacial score (nSPS) is 14.9. The number of non-ortho nitro benzene ring substituents is 1. The molecule has 0 aliphatic rings. The average molecular weight is 290 g/mol. The molecular weight excluding hydrogens is 276 g/mol. The third-order valence-electron chi connectivity index (χ3n) is 2.39. The second-order valence-electron chi connectivity index (χ2n) is 3.97. The molecule has 0 radical (unpaired) electrons. The quantitative estimate of drug-likeness (QED) is 0.480. The van der Waals surface area contributed by atoms with Crippen LogP contribution in [0.5, 0.6) is 0 Å². The number of rotatable bonds is 6. The van der Waals surface area contributed by atoms with Crippen LogP contribution in [0.2, 0.25) is 0 Å². The van der Waals surface area contributed by atoms with Crippen molar-refractivity contribution in [1.82, 2.24) is 4.72 Å². The zero-order valence-electron chi connectivity index (χ0n) is 10.1. The number of nitrogens with zero attached hydrogens (tertiary/aromatic N) is 1. The number of hydrogen-bond acceptors (Lipinski definition) is 6. The van der Waals surface area contributed by atoms with Gasteiger partial charge in [0.15, 0.2) is 0 Å². The Kier molecular flexibility index (Phi) is 4.95. The van der Waals surface area contributed by atoms with Crippen molar-refractivity contribution >= 4 is 15.7 Å². The molecule has 0 aliphatic carbocycles. The van der Waals surface area contributed by atoms with Gasteiger partial charge in [-0.3, -0.25) is 10.1 Å². The standard InChI is InChI=1S/C10H14N2O6S/c1-19(17,18)11-9(6-13)10(14)7-2-4-8(5-3-7)12(15)16/h2-5,9-11,13-14H,6H2,1H3/t9-,10-/m0/s1. The van der Waals surface area contributed by atoms with E-state index in [2.05, 4.69) is 4.72 Å². The van der Waals surface area contributed by atoms with E-state index < -0.39 is 33.7 Å². The maximum atomic E-state index is 11.1. The minimum absolute atomic E-state index is 0.146. The van der Waals surface area contributed by atoms with Crippen molar-refractivity contribution in [3.8, 4) is 0 Å². The number of aliphatic hydroxyl groups excluding tert-OH is 2. The summed E-state index contributed by atoms with van der Waals surface area (Å²) in [4.78, 5) is 9.88. The second-order valence-corrected chi connectivity index (χ2v) is 5.75. The summed E-state index contributed by atoms with van der Waals surface area (Å²) in [5.74, 6) is 0. The molecule has 106 valence electrons. The Morgan fingerprint density at radius 2 is 1.89 bits per heavy atom. The lowest BCUT2D eigenvalue weighted by Gasteiger charge is -2.21. The van der Waals surface area contributed by atoms with Gasteiger partial charge in [0.2, 0.25) is 10.0 Å². The average Bonchev–Trinajstić information content (AvgIpc) is 2.34. The highest BCUT2D eigenvalue weighted by Gasteiger charge is 2.23. The molecule has 8 nitrogen and oxygen atoms in total. The van der Waals surface area contributed by atoms with Crippen LogP contribution < -0.4 is 4.72 Å². The maximum absolute atomic E-state index is 11.1. The molecule has 1 aromatic rings. The van der Waals surface area contributed by atoms with Gasteiger partial charge in [-0.15, -0.1) is 0 Å². The Balaban J connectivity index is 2.91. The third-order valence-corrected chi connectivity index (χ3v) is 3.12. The summed E-state index contributed by atoms with van der Waals surface area (Å²) < 4.78 is 24.2. The van der Waals surface area contributed by atoms with E-state index >= 15 is 0 Å². The molecule has 0 bridgehead atoms. The van der Waals surface area contributed by atoms with Crippen molar-refractivity contribution in [2.45, 2.75) is 12.1 Å². The minimum atomic E-state index is -3.59. The number of nitrogens with one attached hydrogen (secondary N) is 1. The first-order chi connectivity index (χ1) is 8.74. The Bertz CT molecular complexity index is 542. The van der Waals surface area contributed by atoms with Crippen molar-refractivity contribution < 1.29 is 23.6 Å². The second kappa shape index (κ2) is 6.06. The number of nitro benzene ring substituents is 1. The van der Waals surface area contributed by atoms with Crippen LogP contribution in [0.15, 0.2) is 24.3 Å². The largest absolute Gasteiger partial charge is 0.395 e. The molecule has 0 amide bonds. The first kappa shape index (κ1) is 15.5. The summed E-state index contributed by atoms with van der Waals surface area (Å²) in [6.07, 6.45) is -0.404. The molecular formula is C10H14N2O6S. The molecule has 19 heavy (non-hydrogen) atoms. The Morgan fingerprint density at radius 3 is 2.26 bits per heavy atom. The van der Waals surface area contributed by atoms with Crippen LogP contribution in [0, 0.1) is 10.1 Å². The molecule has 1 rings (SSSR count). The monoisotopic (exact) mass is 290 g/mol. The number of aliphatic hydroxyl groups is 2. The molecule has 1 aromatic carbocycles. The van der Waals surface area contributed by atoms with Gasteiger partial charge in [0.05, 0.1) is 29.9 Å². The lowest BCUT2D eigenvalue weighted by atomic mass is 10.0. The van der Waals surface area contributed by atoms with Gasteiger partial charge >= 0.3 is 0 Å². The summed E-state index contributed by atoms with van der Waals surface area (Å²) in [6, 6.07) is 3.86. The molecule has 0 unspecified atom stereocenters. The predicted octanol–water partition coefficient (Wildman–Crippen LogP) is -0.462. The van der Waals surface area contributed by atoms with Gasteiger partial charge in [-0.1, -0.05) is 0 Å². The van der Waals surface area contributed by atoms with Crippen molar-refractivity contribution in [3.05, 3.63) is 39.9 Å². The van der Waals surface area contributed by atoms with Crippen molar-refractivity contribution in [2.24, 2.45) is 0 Å². The summed E-state index contributed by atoms with van der Waals surface area (Å²) in [7, 11) is -3.59. The number of benzene rings is 1. The summed E-state index contributed by atoms with van der Waals surface area (Å²) in [6.45, 7) is -0.606. The van der Waals surface area contributed by atoms with Gasteiger partial charge in [-0.25, -0.2) is 13.1 Å². The summed E-state index contributed by atoms with van der Waals surface area (Å²) in [5, 5.41) is 29.5.